The van der Waals surface area contributed by atoms with E-state index in [0.717, 1.165) is 17.7 Å². The van der Waals surface area contributed by atoms with Crippen molar-refractivity contribution in [3.63, 3.8) is 0 Å². The molecule has 24 heavy (non-hydrogen) atoms. The van der Waals surface area contributed by atoms with Gasteiger partial charge in [0.25, 0.3) is 5.91 Å². The summed E-state index contributed by atoms with van der Waals surface area (Å²) in [6, 6.07) is 10.6. The molecule has 6 heteroatoms. The highest BCUT2D eigenvalue weighted by Gasteiger charge is 2.17. The predicted octanol–water partition coefficient (Wildman–Crippen LogP) is 4.89. The first-order valence-corrected chi connectivity index (χ1v) is 8.23. The molecule has 2 rings (SSSR count). The van der Waals surface area contributed by atoms with Gasteiger partial charge in [0.05, 0.1) is 30.3 Å². The van der Waals surface area contributed by atoms with Crippen molar-refractivity contribution >= 4 is 29.1 Å². The Hall–Kier alpha value is -1.91. The largest absolute Gasteiger partial charge is 0.497 e. The first-order valence-electron chi connectivity index (χ1n) is 7.48. The van der Waals surface area contributed by atoms with Crippen molar-refractivity contribution in [1.82, 2.24) is 5.32 Å². The monoisotopic (exact) mass is 367 g/mol. The van der Waals surface area contributed by atoms with Gasteiger partial charge < -0.3 is 14.8 Å². The fourth-order valence-corrected chi connectivity index (χ4v) is 3.03. The lowest BCUT2D eigenvalue weighted by Crippen LogP contribution is -2.28. The summed E-state index contributed by atoms with van der Waals surface area (Å²) in [5.74, 6) is 0.884. The van der Waals surface area contributed by atoms with Crippen molar-refractivity contribution in [3.05, 3.63) is 57.6 Å². The predicted molar refractivity (Wildman–Crippen MR) is 96.5 cm³/mol. The van der Waals surface area contributed by atoms with Gasteiger partial charge in [0.15, 0.2) is 5.75 Å². The van der Waals surface area contributed by atoms with E-state index in [0.29, 0.717) is 21.4 Å². The van der Waals surface area contributed by atoms with Crippen LogP contribution in [0.3, 0.4) is 0 Å². The molecule has 0 aliphatic heterocycles. The van der Waals surface area contributed by atoms with E-state index in [9.17, 15) is 4.79 Å². The van der Waals surface area contributed by atoms with Crippen LogP contribution in [0.4, 0.5) is 0 Å². The summed E-state index contributed by atoms with van der Waals surface area (Å²) in [7, 11) is 3.09. The summed E-state index contributed by atoms with van der Waals surface area (Å²) in [6.45, 7) is 2.00. The standard InChI is InChI=1S/C18H19Cl2NO3/c1-4-16(11-5-7-13(23-2)8-6-11)21-18(22)12-9-14(19)17(24-3)15(20)10-12/h5-10,16H,4H2,1-3H3,(H,21,22). The Bertz CT molecular complexity index is 694. The highest BCUT2D eigenvalue weighted by Crippen LogP contribution is 2.34. The van der Waals surface area contributed by atoms with Gasteiger partial charge in [0.1, 0.15) is 5.75 Å². The number of ether oxygens (including phenoxy) is 2. The maximum absolute atomic E-state index is 12.5. The van der Waals surface area contributed by atoms with Gasteiger partial charge in [-0.25, -0.2) is 0 Å². The average molecular weight is 368 g/mol. The molecule has 2 aromatic carbocycles. The highest BCUT2D eigenvalue weighted by atomic mass is 35.5. The van der Waals surface area contributed by atoms with Crippen LogP contribution in [-0.4, -0.2) is 20.1 Å². The molecule has 0 spiro atoms. The molecule has 1 unspecified atom stereocenters. The summed E-state index contributed by atoms with van der Waals surface area (Å²) in [5.41, 5.74) is 1.38. The van der Waals surface area contributed by atoms with Crippen LogP contribution in [0, 0.1) is 0 Å². The smallest absolute Gasteiger partial charge is 0.251 e. The molecule has 0 aliphatic rings. The summed E-state index contributed by atoms with van der Waals surface area (Å²) in [4.78, 5) is 12.5. The van der Waals surface area contributed by atoms with Crippen LogP contribution >= 0.6 is 23.2 Å². The quantitative estimate of drug-likeness (QED) is 0.790. The number of carbonyl (C=O) groups excluding carboxylic acids is 1. The number of methoxy groups -OCH3 is 2. The fraction of sp³-hybridized carbons (Fsp3) is 0.278. The molecule has 2 aromatic rings. The molecule has 1 N–H and O–H groups in total. The number of amides is 1. The topological polar surface area (TPSA) is 47.6 Å². The van der Waals surface area contributed by atoms with Crippen molar-refractivity contribution in [2.45, 2.75) is 19.4 Å². The van der Waals surface area contributed by atoms with Gasteiger partial charge in [-0.2, -0.15) is 0 Å². The van der Waals surface area contributed by atoms with Gasteiger partial charge in [0, 0.05) is 5.56 Å². The van der Waals surface area contributed by atoms with E-state index < -0.39 is 0 Å². The van der Waals surface area contributed by atoms with Crippen molar-refractivity contribution in [2.24, 2.45) is 0 Å². The van der Waals surface area contributed by atoms with Crippen molar-refractivity contribution in [2.75, 3.05) is 14.2 Å². The maximum Gasteiger partial charge on any atom is 0.251 e. The summed E-state index contributed by atoms with van der Waals surface area (Å²) in [5, 5.41) is 3.59. The Morgan fingerprint density at radius 3 is 2.12 bits per heavy atom. The lowest BCUT2D eigenvalue weighted by atomic mass is 10.0. The summed E-state index contributed by atoms with van der Waals surface area (Å²) in [6.07, 6.45) is 0.746. The molecule has 0 fully saturated rings. The SMILES string of the molecule is CCC(NC(=O)c1cc(Cl)c(OC)c(Cl)c1)c1ccc(OC)cc1. The Morgan fingerprint density at radius 1 is 1.08 bits per heavy atom. The second-order valence-electron chi connectivity index (χ2n) is 5.18. The molecule has 0 radical (unpaired) electrons. The number of hydrogen-bond donors (Lipinski definition) is 1. The van der Waals surface area contributed by atoms with Crippen LogP contribution in [0.15, 0.2) is 36.4 Å². The Labute approximate surface area is 151 Å². The number of hydrogen-bond acceptors (Lipinski definition) is 3. The Morgan fingerprint density at radius 2 is 1.67 bits per heavy atom. The number of nitrogens with one attached hydrogen (secondary N) is 1. The molecule has 0 aromatic heterocycles. The summed E-state index contributed by atoms with van der Waals surface area (Å²) >= 11 is 12.2. The van der Waals surface area contributed by atoms with Gasteiger partial charge >= 0.3 is 0 Å². The third-order valence-corrected chi connectivity index (χ3v) is 4.26. The number of carbonyl (C=O) groups is 1. The van der Waals surface area contributed by atoms with E-state index in [2.05, 4.69) is 5.32 Å². The van der Waals surface area contributed by atoms with Crippen molar-refractivity contribution < 1.29 is 14.3 Å². The third kappa shape index (κ3) is 4.13. The minimum absolute atomic E-state index is 0.122. The molecule has 0 heterocycles. The van der Waals surface area contributed by atoms with E-state index in [1.54, 1.807) is 19.2 Å². The number of rotatable bonds is 6. The summed E-state index contributed by atoms with van der Waals surface area (Å²) < 4.78 is 10.2. The van der Waals surface area contributed by atoms with Crippen LogP contribution in [0.25, 0.3) is 0 Å². The molecular formula is C18H19Cl2NO3. The second-order valence-corrected chi connectivity index (χ2v) is 5.99. The molecule has 0 aliphatic carbocycles. The first kappa shape index (κ1) is 18.4. The Balaban J connectivity index is 2.20. The van der Waals surface area contributed by atoms with Crippen LogP contribution in [0.1, 0.15) is 35.3 Å². The van der Waals surface area contributed by atoms with Gasteiger partial charge in [-0.1, -0.05) is 42.3 Å². The van der Waals surface area contributed by atoms with E-state index in [4.69, 9.17) is 32.7 Å². The number of halogens is 2. The van der Waals surface area contributed by atoms with Gasteiger partial charge in [0.2, 0.25) is 0 Å². The Kier molecular flexibility index (Phi) is 6.35. The van der Waals surface area contributed by atoms with Crippen LogP contribution in [0.2, 0.25) is 10.0 Å². The van der Waals surface area contributed by atoms with E-state index in [1.165, 1.54) is 7.11 Å². The van der Waals surface area contributed by atoms with Crippen molar-refractivity contribution in [1.29, 1.82) is 0 Å². The van der Waals surface area contributed by atoms with E-state index in [1.807, 2.05) is 31.2 Å². The highest BCUT2D eigenvalue weighted by molar-refractivity contribution is 6.37. The molecule has 4 nitrogen and oxygen atoms in total. The van der Waals surface area contributed by atoms with E-state index >= 15 is 0 Å². The van der Waals surface area contributed by atoms with Crippen LogP contribution in [0.5, 0.6) is 11.5 Å². The third-order valence-electron chi connectivity index (χ3n) is 3.70. The zero-order valence-corrected chi connectivity index (χ0v) is 15.2. The van der Waals surface area contributed by atoms with Gasteiger partial charge in [-0.15, -0.1) is 0 Å². The normalized spacial score (nSPS) is 11.7. The molecule has 0 saturated carbocycles. The molecule has 1 amide bonds. The lowest BCUT2D eigenvalue weighted by Gasteiger charge is -2.18. The minimum atomic E-state index is -0.246. The fourth-order valence-electron chi connectivity index (χ4n) is 2.38. The number of benzene rings is 2. The first-order chi connectivity index (χ1) is 11.5. The maximum atomic E-state index is 12.5. The van der Waals surface area contributed by atoms with Crippen LogP contribution in [-0.2, 0) is 0 Å². The van der Waals surface area contributed by atoms with Gasteiger partial charge in [-0.05, 0) is 36.2 Å². The minimum Gasteiger partial charge on any atom is -0.497 e. The zero-order chi connectivity index (χ0) is 17.7. The van der Waals surface area contributed by atoms with E-state index in [-0.39, 0.29) is 11.9 Å². The molecular weight excluding hydrogens is 349 g/mol. The molecule has 0 bridgehead atoms. The zero-order valence-electron chi connectivity index (χ0n) is 13.7. The molecule has 1 atom stereocenters. The molecule has 128 valence electrons. The second kappa shape index (κ2) is 8.27. The van der Waals surface area contributed by atoms with Crippen LogP contribution < -0.4 is 14.8 Å². The average Bonchev–Trinajstić information content (AvgIpc) is 2.59. The molecule has 0 saturated heterocycles. The van der Waals surface area contributed by atoms with Crippen molar-refractivity contribution in [3.8, 4) is 11.5 Å². The van der Waals surface area contributed by atoms with Gasteiger partial charge in [-0.3, -0.25) is 4.79 Å². The lowest BCUT2D eigenvalue weighted by molar-refractivity contribution is 0.0935.